The SMILES string of the molecule is Cc1cc(C[C@@H](OC(=O)N2CCC(N3CCc4ccccc4NC3=O)CC2)C(=O)N2CC[N+]([O-])(C3CCOCC3)CC2)cc(C)c1O. The number of amides is 4. The molecule has 12 nitrogen and oxygen atoms in total. The van der Waals surface area contributed by atoms with Crippen LogP contribution in [0.1, 0.15) is 47.9 Å². The number of urea groups is 1. The summed E-state index contributed by atoms with van der Waals surface area (Å²) in [7, 11) is 0. The fourth-order valence-electron chi connectivity index (χ4n) is 7.60. The number of likely N-dealkylation sites (tertiary alicyclic amines) is 1. The Kier molecular flexibility index (Phi) is 9.90. The Balaban J connectivity index is 1.10. The quantitative estimate of drug-likeness (QED) is 0.358. The Labute approximate surface area is 276 Å². The first-order chi connectivity index (χ1) is 22.6. The summed E-state index contributed by atoms with van der Waals surface area (Å²) >= 11 is 0. The molecule has 3 fully saturated rings. The van der Waals surface area contributed by atoms with Gasteiger partial charge in [0.05, 0.1) is 45.4 Å². The number of aromatic hydroxyl groups is 1. The number of nitrogens with zero attached hydrogens (tertiary/aromatic N) is 4. The Bertz CT molecular complexity index is 1440. The molecule has 12 heteroatoms. The van der Waals surface area contributed by atoms with Crippen molar-refractivity contribution >= 4 is 23.7 Å². The van der Waals surface area contributed by atoms with Crippen LogP contribution in [-0.4, -0.2) is 120 Å². The number of quaternary nitrogens is 1. The maximum absolute atomic E-state index is 14.0. The zero-order valence-electron chi connectivity index (χ0n) is 27.5. The van der Waals surface area contributed by atoms with Crippen LogP contribution in [0.4, 0.5) is 15.3 Å². The lowest BCUT2D eigenvalue weighted by molar-refractivity contribution is -0.910. The number of piperazine rings is 1. The van der Waals surface area contributed by atoms with Gasteiger partial charge in [-0.05, 0) is 61.4 Å². The molecule has 2 aromatic rings. The summed E-state index contributed by atoms with van der Waals surface area (Å²) in [5.74, 6) is -0.109. The predicted molar refractivity (Wildman–Crippen MR) is 176 cm³/mol. The molecule has 6 rings (SSSR count). The molecule has 47 heavy (non-hydrogen) atoms. The number of para-hydroxylation sites is 1. The zero-order chi connectivity index (χ0) is 33.1. The first kappa shape index (κ1) is 33.0. The number of anilines is 1. The molecule has 0 aliphatic carbocycles. The predicted octanol–water partition coefficient (Wildman–Crippen LogP) is 3.95. The van der Waals surface area contributed by atoms with Gasteiger partial charge < -0.3 is 44.5 Å². The maximum atomic E-state index is 14.0. The van der Waals surface area contributed by atoms with E-state index in [1.54, 1.807) is 23.6 Å². The number of phenols is 1. The number of aryl methyl sites for hydroxylation is 2. The van der Waals surface area contributed by atoms with E-state index in [4.69, 9.17) is 9.47 Å². The second-order valence-corrected chi connectivity index (χ2v) is 13.5. The van der Waals surface area contributed by atoms with Gasteiger partial charge in [0.2, 0.25) is 0 Å². The molecule has 4 heterocycles. The number of rotatable bonds is 6. The summed E-state index contributed by atoms with van der Waals surface area (Å²) in [6.45, 7) is 7.41. The minimum Gasteiger partial charge on any atom is -0.632 e. The van der Waals surface area contributed by atoms with E-state index in [2.05, 4.69) is 5.32 Å². The minimum atomic E-state index is -1.08. The molecule has 254 valence electrons. The normalized spacial score (nSPS) is 21.4. The summed E-state index contributed by atoms with van der Waals surface area (Å²) < 4.78 is 11.1. The number of hydrogen-bond acceptors (Lipinski definition) is 7. The largest absolute Gasteiger partial charge is 0.632 e. The number of hydroxylamine groups is 3. The molecule has 2 aromatic carbocycles. The molecule has 0 unspecified atom stereocenters. The van der Waals surface area contributed by atoms with Crippen LogP contribution < -0.4 is 5.32 Å². The average Bonchev–Trinajstić information content (AvgIpc) is 3.25. The maximum Gasteiger partial charge on any atom is 0.410 e. The fraction of sp³-hybridized carbons (Fsp3) is 0.571. The molecule has 4 aliphatic heterocycles. The minimum absolute atomic E-state index is 0.0108. The van der Waals surface area contributed by atoms with Crippen LogP contribution in [-0.2, 0) is 27.1 Å². The molecular weight excluding hydrogens is 602 g/mol. The van der Waals surface area contributed by atoms with Crippen molar-refractivity contribution in [2.24, 2.45) is 0 Å². The van der Waals surface area contributed by atoms with Crippen molar-refractivity contribution in [1.29, 1.82) is 0 Å². The monoisotopic (exact) mass is 649 g/mol. The van der Waals surface area contributed by atoms with Crippen molar-refractivity contribution in [1.82, 2.24) is 14.7 Å². The van der Waals surface area contributed by atoms with Crippen LogP contribution in [0.3, 0.4) is 0 Å². The third-order valence-corrected chi connectivity index (χ3v) is 10.5. The lowest BCUT2D eigenvalue weighted by Gasteiger charge is -2.54. The van der Waals surface area contributed by atoms with E-state index in [1.165, 1.54) is 0 Å². The molecule has 0 bridgehead atoms. The van der Waals surface area contributed by atoms with Gasteiger partial charge in [0.1, 0.15) is 5.75 Å². The van der Waals surface area contributed by atoms with E-state index in [1.807, 2.05) is 41.3 Å². The van der Waals surface area contributed by atoms with Crippen LogP contribution in [0, 0.1) is 19.1 Å². The van der Waals surface area contributed by atoms with Gasteiger partial charge in [-0.15, -0.1) is 0 Å². The molecule has 0 spiro atoms. The van der Waals surface area contributed by atoms with Crippen LogP contribution in [0.15, 0.2) is 36.4 Å². The standard InChI is InChI=1S/C35H47N5O7/c1-24-21-26(22-25(2)32(24)41)23-31(33(42)37-15-17-40(45,18-16-37)29-10-19-46-20-11-29)47-35(44)38-12-8-28(9-13-38)39-14-7-27-5-3-4-6-30(27)36-34(39)43/h3-6,21-22,28-29,31,41H,7-20,23H2,1-2H3,(H,36,43)/t31-/m1/s1. The van der Waals surface area contributed by atoms with Gasteiger partial charge in [-0.25, -0.2) is 9.59 Å². The van der Waals surface area contributed by atoms with E-state index < -0.39 is 12.2 Å². The highest BCUT2D eigenvalue weighted by Crippen LogP contribution is 2.28. The van der Waals surface area contributed by atoms with Crippen LogP contribution >= 0.6 is 0 Å². The summed E-state index contributed by atoms with van der Waals surface area (Å²) in [4.78, 5) is 45.7. The summed E-state index contributed by atoms with van der Waals surface area (Å²) in [6.07, 6.45) is 1.95. The third kappa shape index (κ3) is 7.34. The van der Waals surface area contributed by atoms with Crippen LogP contribution in [0.5, 0.6) is 5.75 Å². The zero-order valence-corrected chi connectivity index (χ0v) is 27.5. The number of piperidine rings is 1. The van der Waals surface area contributed by atoms with Crippen molar-refractivity contribution in [2.75, 3.05) is 64.3 Å². The number of hydrogen-bond donors (Lipinski definition) is 2. The second kappa shape index (κ2) is 14.1. The average molecular weight is 650 g/mol. The summed E-state index contributed by atoms with van der Waals surface area (Å²) in [6, 6.07) is 11.3. The second-order valence-electron chi connectivity index (χ2n) is 13.5. The molecule has 3 saturated heterocycles. The Morgan fingerprint density at radius 1 is 1.00 bits per heavy atom. The van der Waals surface area contributed by atoms with E-state index in [0.29, 0.717) is 83.0 Å². The molecule has 0 saturated carbocycles. The number of benzene rings is 2. The van der Waals surface area contributed by atoms with E-state index in [0.717, 1.165) is 36.1 Å². The van der Waals surface area contributed by atoms with Crippen molar-refractivity contribution in [3.8, 4) is 5.75 Å². The highest BCUT2D eigenvalue weighted by atomic mass is 16.6. The molecular formula is C35H47N5O7. The van der Waals surface area contributed by atoms with Crippen molar-refractivity contribution in [3.05, 3.63) is 63.9 Å². The van der Waals surface area contributed by atoms with Crippen molar-refractivity contribution in [3.63, 3.8) is 0 Å². The topological polar surface area (TPSA) is 135 Å². The highest BCUT2D eigenvalue weighted by Gasteiger charge is 2.39. The lowest BCUT2D eigenvalue weighted by atomic mass is 10.00. The van der Waals surface area contributed by atoms with E-state index >= 15 is 0 Å². The first-order valence-corrected chi connectivity index (χ1v) is 17.0. The van der Waals surface area contributed by atoms with Gasteiger partial charge >= 0.3 is 12.1 Å². The molecule has 2 N–H and O–H groups in total. The number of fused-ring (bicyclic) bond motifs is 1. The molecule has 4 aliphatic rings. The highest BCUT2D eigenvalue weighted by molar-refractivity contribution is 5.91. The Morgan fingerprint density at radius 3 is 2.34 bits per heavy atom. The number of phenolic OH excluding ortho intramolecular Hbond substituents is 1. The van der Waals surface area contributed by atoms with Crippen LogP contribution in [0.25, 0.3) is 0 Å². The molecule has 0 radical (unpaired) electrons. The molecule has 1 atom stereocenters. The number of carbonyl (C=O) groups excluding carboxylic acids is 3. The molecule has 0 aromatic heterocycles. The van der Waals surface area contributed by atoms with Crippen LogP contribution in [0.2, 0.25) is 0 Å². The van der Waals surface area contributed by atoms with Gasteiger partial charge in [-0.2, -0.15) is 0 Å². The number of carbonyl (C=O) groups is 3. The van der Waals surface area contributed by atoms with Crippen molar-refractivity contribution < 1.29 is 33.6 Å². The number of ether oxygens (including phenoxy) is 2. The fourth-order valence-corrected chi connectivity index (χ4v) is 7.60. The third-order valence-electron chi connectivity index (χ3n) is 10.5. The van der Waals surface area contributed by atoms with E-state index in [9.17, 15) is 24.7 Å². The number of nitrogens with one attached hydrogen (secondary N) is 1. The smallest absolute Gasteiger partial charge is 0.410 e. The Morgan fingerprint density at radius 2 is 1.66 bits per heavy atom. The van der Waals surface area contributed by atoms with Gasteiger partial charge in [0.15, 0.2) is 6.10 Å². The van der Waals surface area contributed by atoms with Gasteiger partial charge in [0.25, 0.3) is 5.91 Å². The summed E-state index contributed by atoms with van der Waals surface area (Å²) in [5.41, 5.74) is 4.10. The van der Waals surface area contributed by atoms with Crippen molar-refractivity contribution in [2.45, 2.75) is 70.6 Å². The Hall–Kier alpha value is -3.87. The first-order valence-electron chi connectivity index (χ1n) is 17.0. The lowest BCUT2D eigenvalue weighted by Crippen LogP contribution is -2.63. The van der Waals surface area contributed by atoms with Gasteiger partial charge in [0, 0.05) is 50.6 Å². The van der Waals surface area contributed by atoms with Gasteiger partial charge in [-0.1, -0.05) is 30.3 Å². The van der Waals surface area contributed by atoms with Gasteiger partial charge in [-0.3, -0.25) is 4.79 Å². The molecule has 4 amide bonds. The summed E-state index contributed by atoms with van der Waals surface area (Å²) in [5, 5.41) is 27.0. The van der Waals surface area contributed by atoms with E-state index in [-0.39, 0.29) is 40.8 Å².